The summed E-state index contributed by atoms with van der Waals surface area (Å²) in [6.07, 6.45) is 1.44. The van der Waals surface area contributed by atoms with Crippen LogP contribution in [0.5, 0.6) is 0 Å². The molecule has 4 rings (SSSR count). The Balaban J connectivity index is 1.58. The fraction of sp³-hybridized carbons (Fsp3) is 0.421. The molecular weight excluding hydrogens is 396 g/mol. The van der Waals surface area contributed by atoms with Gasteiger partial charge < -0.3 is 14.6 Å². The van der Waals surface area contributed by atoms with Crippen LogP contribution in [-0.4, -0.2) is 62.6 Å². The number of H-pyrrole nitrogens is 1. The number of nitrogens with zero attached hydrogens (tertiary/aromatic N) is 5. The molecule has 1 saturated heterocycles. The molecule has 1 aliphatic rings. The topological polar surface area (TPSA) is 106 Å². The van der Waals surface area contributed by atoms with E-state index in [2.05, 4.69) is 20.3 Å². The van der Waals surface area contributed by atoms with Crippen molar-refractivity contribution in [1.82, 2.24) is 29.9 Å². The normalized spacial score (nSPS) is 15.2. The van der Waals surface area contributed by atoms with E-state index in [1.165, 1.54) is 7.11 Å². The molecule has 1 fully saturated rings. The van der Waals surface area contributed by atoms with E-state index in [0.717, 1.165) is 18.4 Å². The van der Waals surface area contributed by atoms with E-state index in [0.29, 0.717) is 36.1 Å². The van der Waals surface area contributed by atoms with Gasteiger partial charge in [-0.15, -0.1) is 5.10 Å². The van der Waals surface area contributed by atoms with Crippen LogP contribution in [0.4, 0.5) is 0 Å². The molecule has 9 nitrogen and oxygen atoms in total. The second-order valence-electron chi connectivity index (χ2n) is 7.05. The predicted molar refractivity (Wildman–Crippen MR) is 107 cm³/mol. The maximum Gasteiger partial charge on any atom is 0.281 e. The Morgan fingerprint density at radius 1 is 1.31 bits per heavy atom. The van der Waals surface area contributed by atoms with Crippen LogP contribution in [0, 0.1) is 0 Å². The Morgan fingerprint density at radius 2 is 2.07 bits per heavy atom. The van der Waals surface area contributed by atoms with E-state index in [-0.39, 0.29) is 29.5 Å². The number of hydrogen-bond donors (Lipinski definition) is 1. The number of aromatic amines is 1. The van der Waals surface area contributed by atoms with Crippen LogP contribution in [0.1, 0.15) is 30.1 Å². The number of rotatable bonds is 5. The molecule has 29 heavy (non-hydrogen) atoms. The molecular formula is C19H21ClN6O3. The lowest BCUT2D eigenvalue weighted by atomic mass is 9.96. The predicted octanol–water partition coefficient (Wildman–Crippen LogP) is 1.57. The van der Waals surface area contributed by atoms with Crippen molar-refractivity contribution in [3.05, 3.63) is 51.0 Å². The molecule has 0 atom stereocenters. The van der Waals surface area contributed by atoms with Crippen molar-refractivity contribution < 1.29 is 9.53 Å². The minimum Gasteiger partial charge on any atom is -0.375 e. The highest BCUT2D eigenvalue weighted by molar-refractivity contribution is 6.31. The van der Waals surface area contributed by atoms with E-state index >= 15 is 0 Å². The van der Waals surface area contributed by atoms with Crippen molar-refractivity contribution in [3.63, 3.8) is 0 Å². The fourth-order valence-corrected chi connectivity index (χ4v) is 3.78. The summed E-state index contributed by atoms with van der Waals surface area (Å²) in [5, 5.41) is 8.70. The number of hydrogen-bond acceptors (Lipinski definition) is 6. The summed E-state index contributed by atoms with van der Waals surface area (Å²) in [6, 6.07) is 7.46. The number of fused-ring (bicyclic) bond motifs is 1. The Bertz CT molecular complexity index is 1090. The lowest BCUT2D eigenvalue weighted by Gasteiger charge is -2.31. The maximum absolute atomic E-state index is 12.5. The van der Waals surface area contributed by atoms with E-state index in [1.807, 2.05) is 18.2 Å². The Labute approximate surface area is 171 Å². The summed E-state index contributed by atoms with van der Waals surface area (Å²) < 4.78 is 6.51. The van der Waals surface area contributed by atoms with Gasteiger partial charge in [-0.3, -0.25) is 9.59 Å². The number of halogens is 1. The highest BCUT2D eigenvalue weighted by Gasteiger charge is 2.26. The first-order chi connectivity index (χ1) is 14.1. The molecule has 0 spiro atoms. The third-order valence-electron chi connectivity index (χ3n) is 5.17. The quantitative estimate of drug-likeness (QED) is 0.676. The molecule has 152 valence electrons. The van der Waals surface area contributed by atoms with Crippen LogP contribution < -0.4 is 5.56 Å². The van der Waals surface area contributed by atoms with E-state index < -0.39 is 0 Å². The van der Waals surface area contributed by atoms with Crippen LogP contribution >= 0.6 is 11.6 Å². The van der Waals surface area contributed by atoms with Gasteiger partial charge in [0.2, 0.25) is 5.91 Å². The zero-order valence-electron chi connectivity index (χ0n) is 16.0. The zero-order valence-corrected chi connectivity index (χ0v) is 16.7. The maximum atomic E-state index is 12.5. The van der Waals surface area contributed by atoms with Gasteiger partial charge in [0.25, 0.3) is 5.56 Å². The number of benzene rings is 1. The molecule has 10 heteroatoms. The van der Waals surface area contributed by atoms with Crippen LogP contribution in [-0.2, 0) is 16.1 Å². The molecule has 1 aliphatic heterocycles. The monoisotopic (exact) mass is 416 g/mol. The van der Waals surface area contributed by atoms with Crippen molar-refractivity contribution in [1.29, 1.82) is 0 Å². The molecule has 2 aromatic heterocycles. The van der Waals surface area contributed by atoms with E-state index in [4.69, 9.17) is 16.3 Å². The van der Waals surface area contributed by atoms with Gasteiger partial charge in [0.05, 0.1) is 6.54 Å². The number of ether oxygens (including phenoxy) is 1. The summed E-state index contributed by atoms with van der Waals surface area (Å²) in [6.45, 7) is 1.66. The van der Waals surface area contributed by atoms with Gasteiger partial charge in [-0.25, -0.2) is 9.67 Å². The van der Waals surface area contributed by atoms with Crippen molar-refractivity contribution in [2.45, 2.75) is 25.3 Å². The van der Waals surface area contributed by atoms with Crippen LogP contribution in [0.3, 0.4) is 0 Å². The number of amides is 1. The number of piperidine rings is 1. The van der Waals surface area contributed by atoms with Gasteiger partial charge in [0.15, 0.2) is 11.2 Å². The van der Waals surface area contributed by atoms with Crippen molar-refractivity contribution in [2.75, 3.05) is 26.8 Å². The highest BCUT2D eigenvalue weighted by Crippen LogP contribution is 2.26. The number of nitrogens with one attached hydrogen (secondary N) is 1. The lowest BCUT2D eigenvalue weighted by molar-refractivity contribution is -0.136. The fourth-order valence-electron chi connectivity index (χ4n) is 3.59. The number of likely N-dealkylation sites (tertiary alicyclic amines) is 1. The smallest absolute Gasteiger partial charge is 0.281 e. The standard InChI is InChI=1S/C19H21ClN6O3/c1-29-11-15(27)25-8-6-12(7-9-25)17-21-18-16(19(28)22-17)23-24-26(18)10-13-4-2-3-5-14(13)20/h2-5,12H,6-11H2,1H3,(H,21,22,28). The molecule has 0 radical (unpaired) electrons. The number of carbonyl (C=O) groups is 1. The van der Waals surface area contributed by atoms with Gasteiger partial charge in [-0.2, -0.15) is 0 Å². The summed E-state index contributed by atoms with van der Waals surface area (Å²) in [4.78, 5) is 33.8. The van der Waals surface area contributed by atoms with Crippen molar-refractivity contribution in [2.24, 2.45) is 0 Å². The molecule has 1 amide bonds. The van der Waals surface area contributed by atoms with Crippen LogP contribution in [0.15, 0.2) is 29.1 Å². The zero-order chi connectivity index (χ0) is 20.4. The van der Waals surface area contributed by atoms with Crippen molar-refractivity contribution >= 4 is 28.7 Å². The number of aromatic nitrogens is 5. The first-order valence-electron chi connectivity index (χ1n) is 9.40. The van der Waals surface area contributed by atoms with Crippen molar-refractivity contribution in [3.8, 4) is 0 Å². The van der Waals surface area contributed by atoms with Gasteiger partial charge in [-0.1, -0.05) is 35.0 Å². The SMILES string of the molecule is COCC(=O)N1CCC(c2nc3c(nnn3Cc3ccccc3Cl)c(=O)[nH]2)CC1. The van der Waals surface area contributed by atoms with Crippen LogP contribution in [0.2, 0.25) is 5.02 Å². The molecule has 0 saturated carbocycles. The van der Waals surface area contributed by atoms with Gasteiger partial charge >= 0.3 is 0 Å². The molecule has 3 aromatic rings. The molecule has 0 unspecified atom stereocenters. The van der Waals surface area contributed by atoms with Gasteiger partial charge in [0, 0.05) is 31.1 Å². The molecule has 0 bridgehead atoms. The summed E-state index contributed by atoms with van der Waals surface area (Å²) in [5.41, 5.74) is 1.19. The lowest BCUT2D eigenvalue weighted by Crippen LogP contribution is -2.40. The Hall–Kier alpha value is -2.78. The summed E-state index contributed by atoms with van der Waals surface area (Å²) in [5.74, 6) is 0.635. The molecule has 3 heterocycles. The molecule has 1 aromatic carbocycles. The minimum absolute atomic E-state index is 0.0233. The summed E-state index contributed by atoms with van der Waals surface area (Å²) in [7, 11) is 1.51. The highest BCUT2D eigenvalue weighted by atomic mass is 35.5. The summed E-state index contributed by atoms with van der Waals surface area (Å²) >= 11 is 6.25. The van der Waals surface area contributed by atoms with Gasteiger partial charge in [0.1, 0.15) is 12.4 Å². The largest absolute Gasteiger partial charge is 0.375 e. The minimum atomic E-state index is -0.312. The second kappa shape index (κ2) is 8.30. The van der Waals surface area contributed by atoms with E-state index in [1.54, 1.807) is 15.6 Å². The third-order valence-corrected chi connectivity index (χ3v) is 5.54. The number of methoxy groups -OCH3 is 1. The van der Waals surface area contributed by atoms with E-state index in [9.17, 15) is 9.59 Å². The second-order valence-corrected chi connectivity index (χ2v) is 7.46. The Morgan fingerprint density at radius 3 is 2.79 bits per heavy atom. The average molecular weight is 417 g/mol. The molecule has 0 aliphatic carbocycles. The van der Waals surface area contributed by atoms with Crippen LogP contribution in [0.25, 0.3) is 11.2 Å². The van der Waals surface area contributed by atoms with Gasteiger partial charge in [-0.05, 0) is 24.5 Å². The first kappa shape index (κ1) is 19.5. The average Bonchev–Trinajstić information content (AvgIpc) is 3.13. The first-order valence-corrected chi connectivity index (χ1v) is 9.78. The Kier molecular flexibility index (Phi) is 5.59. The molecule has 1 N–H and O–H groups in total. The third kappa shape index (κ3) is 4.01. The number of carbonyl (C=O) groups excluding carboxylic acids is 1.